The number of thioether (sulfide) groups is 1. The highest BCUT2D eigenvalue weighted by Crippen LogP contribution is 2.44. The Hall–Kier alpha value is -1.40. The van der Waals surface area contributed by atoms with E-state index >= 15 is 0 Å². The molecular weight excluding hydrogens is 564 g/mol. The predicted octanol–water partition coefficient (Wildman–Crippen LogP) is 6.15. The molecule has 1 aliphatic heterocycles. The maximum absolute atomic E-state index is 12.9. The summed E-state index contributed by atoms with van der Waals surface area (Å²) >= 11 is 8.28. The summed E-state index contributed by atoms with van der Waals surface area (Å²) in [4.78, 5) is 13.2. The average molecular weight is 601 g/mol. The zero-order valence-corrected chi connectivity index (χ0v) is 26.2. The van der Waals surface area contributed by atoms with E-state index < -0.39 is 60.1 Å². The fourth-order valence-electron chi connectivity index (χ4n) is 3.70. The first-order valence-corrected chi connectivity index (χ1v) is 18.1. The molecule has 210 valence electrons. The van der Waals surface area contributed by atoms with Crippen molar-refractivity contribution >= 4 is 47.8 Å². The van der Waals surface area contributed by atoms with Crippen molar-refractivity contribution in [3.63, 3.8) is 0 Å². The topological polar surface area (TPSA) is 88.1 Å². The van der Waals surface area contributed by atoms with Crippen LogP contribution >= 0.6 is 23.4 Å². The van der Waals surface area contributed by atoms with Gasteiger partial charge in [0.25, 0.3) is 10.1 Å². The highest BCUT2D eigenvalue weighted by atomic mass is 35.5. The molecule has 1 saturated heterocycles. The van der Waals surface area contributed by atoms with Crippen LogP contribution in [0.3, 0.4) is 0 Å². The Morgan fingerprint density at radius 2 is 1.66 bits per heavy atom. The van der Waals surface area contributed by atoms with E-state index in [0.29, 0.717) is 0 Å². The minimum absolute atomic E-state index is 0.0250. The van der Waals surface area contributed by atoms with E-state index in [0.717, 1.165) is 10.5 Å². The molecule has 0 amide bonds. The van der Waals surface area contributed by atoms with Crippen molar-refractivity contribution in [1.29, 1.82) is 0 Å². The first kappa shape index (κ1) is 31.1. The van der Waals surface area contributed by atoms with Crippen LogP contribution < -0.4 is 0 Å². The first-order valence-electron chi connectivity index (χ1n) is 12.4. The molecule has 1 unspecified atom stereocenters. The average Bonchev–Trinajstić information content (AvgIpc) is 2.82. The zero-order valence-electron chi connectivity index (χ0n) is 22.8. The number of aryl methyl sites for hydroxylation is 1. The molecule has 5 atom stereocenters. The summed E-state index contributed by atoms with van der Waals surface area (Å²) in [6.07, 6.45) is -2.58. The third-order valence-corrected chi connectivity index (χ3v) is 14.5. The fraction of sp³-hybridized carbons (Fsp3) is 0.519. The number of carbonyl (C=O) groups excluding carboxylic acids is 1. The van der Waals surface area contributed by atoms with E-state index in [4.69, 9.17) is 29.7 Å². The molecule has 0 bridgehead atoms. The Kier molecular flexibility index (Phi) is 10.2. The largest absolute Gasteiger partial charge is 0.457 e. The number of benzene rings is 2. The molecular formula is C27H37ClO7S2Si. The van der Waals surface area contributed by atoms with E-state index in [2.05, 4.69) is 33.9 Å². The third kappa shape index (κ3) is 7.84. The van der Waals surface area contributed by atoms with Gasteiger partial charge in [0.1, 0.15) is 17.8 Å². The van der Waals surface area contributed by atoms with Crippen LogP contribution in [0.2, 0.25) is 18.1 Å². The first-order chi connectivity index (χ1) is 17.6. The van der Waals surface area contributed by atoms with Crippen LogP contribution in [-0.4, -0.2) is 58.4 Å². The lowest BCUT2D eigenvalue weighted by Gasteiger charge is -2.48. The second-order valence-electron chi connectivity index (χ2n) is 10.9. The summed E-state index contributed by atoms with van der Waals surface area (Å²) < 4.78 is 49.9. The van der Waals surface area contributed by atoms with Crippen LogP contribution in [0.5, 0.6) is 0 Å². The molecule has 2 aromatic rings. The van der Waals surface area contributed by atoms with Crippen molar-refractivity contribution in [1.82, 2.24) is 0 Å². The van der Waals surface area contributed by atoms with Gasteiger partial charge in [0.2, 0.25) is 0 Å². The summed E-state index contributed by atoms with van der Waals surface area (Å²) in [5, 5.41) is -0.584. The van der Waals surface area contributed by atoms with Crippen LogP contribution in [0.1, 0.15) is 33.3 Å². The highest BCUT2D eigenvalue weighted by Gasteiger charge is 2.52. The van der Waals surface area contributed by atoms with Crippen LogP contribution in [0.4, 0.5) is 0 Å². The number of ether oxygens (including phenoxy) is 2. The molecule has 7 nitrogen and oxygen atoms in total. The van der Waals surface area contributed by atoms with E-state index in [1.165, 1.54) is 30.8 Å². The monoisotopic (exact) mass is 600 g/mol. The second kappa shape index (κ2) is 12.4. The van der Waals surface area contributed by atoms with Gasteiger partial charge < -0.3 is 13.9 Å². The minimum Gasteiger partial charge on any atom is -0.457 e. The van der Waals surface area contributed by atoms with E-state index in [9.17, 15) is 13.2 Å². The molecule has 38 heavy (non-hydrogen) atoms. The number of halogens is 1. The van der Waals surface area contributed by atoms with Crippen molar-refractivity contribution in [2.75, 3.05) is 6.61 Å². The Bertz CT molecular complexity index is 1180. The molecule has 0 N–H and O–H groups in total. The molecule has 3 rings (SSSR count). The van der Waals surface area contributed by atoms with Gasteiger partial charge in [-0.05, 0) is 49.3 Å². The molecule has 1 aliphatic rings. The molecule has 0 spiro atoms. The fourth-order valence-corrected chi connectivity index (χ4v) is 7.60. The number of alkyl halides is 1. The minimum atomic E-state index is -4.08. The number of hydrogen-bond acceptors (Lipinski definition) is 8. The molecule has 0 saturated carbocycles. The lowest BCUT2D eigenvalue weighted by molar-refractivity contribution is -0.185. The van der Waals surface area contributed by atoms with Gasteiger partial charge >= 0.3 is 5.97 Å². The molecule has 0 aromatic heterocycles. The van der Waals surface area contributed by atoms with Gasteiger partial charge in [-0.2, -0.15) is 8.42 Å². The van der Waals surface area contributed by atoms with Crippen molar-refractivity contribution < 1.29 is 31.3 Å². The van der Waals surface area contributed by atoms with Crippen molar-refractivity contribution in [2.45, 2.75) is 91.7 Å². The van der Waals surface area contributed by atoms with Gasteiger partial charge in [0, 0.05) is 11.8 Å². The van der Waals surface area contributed by atoms with Crippen LogP contribution in [0.15, 0.2) is 64.4 Å². The normalized spacial score (nSPS) is 24.7. The second-order valence-corrected chi connectivity index (χ2v) is 18.9. The Morgan fingerprint density at radius 1 is 1.05 bits per heavy atom. The zero-order chi connectivity index (χ0) is 28.3. The van der Waals surface area contributed by atoms with Gasteiger partial charge in [-0.15, -0.1) is 11.8 Å². The molecule has 0 aliphatic carbocycles. The maximum Gasteiger partial charge on any atom is 0.303 e. The van der Waals surface area contributed by atoms with Gasteiger partial charge in [-0.3, -0.25) is 8.98 Å². The van der Waals surface area contributed by atoms with E-state index in [-0.39, 0.29) is 9.93 Å². The summed E-state index contributed by atoms with van der Waals surface area (Å²) in [7, 11) is -6.48. The number of carbonyl (C=O) groups is 1. The SMILES string of the molecule is CC(=O)O[C@H]1[C@H](O[Si](C)(C)C(C)(C)C)[C@@H](Sc2ccccc2)C(Cl)O[C@@H]1COS(=O)(=O)c1ccc(C)cc1. The summed E-state index contributed by atoms with van der Waals surface area (Å²) in [6, 6.07) is 16.0. The summed E-state index contributed by atoms with van der Waals surface area (Å²) in [6.45, 7) is 13.3. The molecule has 11 heteroatoms. The quantitative estimate of drug-likeness (QED) is 0.147. The number of rotatable bonds is 9. The Labute approximate surface area is 236 Å². The summed E-state index contributed by atoms with van der Waals surface area (Å²) in [5.74, 6) is -0.537. The lowest BCUT2D eigenvalue weighted by Crippen LogP contribution is -2.62. The van der Waals surface area contributed by atoms with Crippen LogP contribution in [0.25, 0.3) is 0 Å². The molecule has 1 heterocycles. The number of hydrogen-bond donors (Lipinski definition) is 0. The molecule has 1 fully saturated rings. The molecule has 2 aromatic carbocycles. The van der Waals surface area contributed by atoms with Crippen molar-refractivity contribution in [3.05, 3.63) is 60.2 Å². The molecule has 0 radical (unpaired) electrons. The van der Waals surface area contributed by atoms with E-state index in [1.54, 1.807) is 12.1 Å². The van der Waals surface area contributed by atoms with Crippen LogP contribution in [0, 0.1) is 6.92 Å². The van der Waals surface area contributed by atoms with Crippen molar-refractivity contribution in [2.24, 2.45) is 0 Å². The Morgan fingerprint density at radius 3 is 2.21 bits per heavy atom. The summed E-state index contributed by atoms with van der Waals surface area (Å²) in [5.41, 5.74) is 0.0597. The number of esters is 1. The maximum atomic E-state index is 12.9. The van der Waals surface area contributed by atoms with E-state index in [1.807, 2.05) is 37.3 Å². The van der Waals surface area contributed by atoms with Crippen molar-refractivity contribution in [3.8, 4) is 0 Å². The van der Waals surface area contributed by atoms with Crippen LogP contribution in [-0.2, 0) is 33.0 Å². The van der Waals surface area contributed by atoms with Gasteiger partial charge in [0.05, 0.1) is 16.8 Å². The lowest BCUT2D eigenvalue weighted by atomic mass is 10.0. The standard InChI is InChI=1S/C27H37ClO7S2Si/c1-18-13-15-21(16-14-18)37(30,31)32-17-22-23(33-19(2)29)24(35-38(6,7)27(3,4)5)25(26(28)34-22)36-20-11-9-8-10-12-20/h8-16,22-26H,17H2,1-7H3/t22-,23-,24+,25-,26?/m1/s1. The third-order valence-electron chi connectivity index (χ3n) is 6.83. The highest BCUT2D eigenvalue weighted by molar-refractivity contribution is 8.00. The van der Waals surface area contributed by atoms with Gasteiger partial charge in [-0.25, -0.2) is 0 Å². The van der Waals surface area contributed by atoms with Gasteiger partial charge in [-0.1, -0.05) is 68.3 Å². The Balaban J connectivity index is 1.95. The smallest absolute Gasteiger partial charge is 0.303 e. The predicted molar refractivity (Wildman–Crippen MR) is 153 cm³/mol. The van der Waals surface area contributed by atoms with Gasteiger partial charge in [0.15, 0.2) is 14.4 Å².